The van der Waals surface area contributed by atoms with E-state index in [1.165, 1.54) is 0 Å². The van der Waals surface area contributed by atoms with Crippen LogP contribution in [-0.4, -0.2) is 22.8 Å². The van der Waals surface area contributed by atoms with Crippen molar-refractivity contribution in [3.05, 3.63) is 30.0 Å². The number of carboxylic acids is 1. The number of fused-ring (bicyclic) bond motifs is 1. The Bertz CT molecular complexity index is 586. The van der Waals surface area contributed by atoms with Crippen LogP contribution in [0.5, 0.6) is 5.75 Å². The molecule has 96 valence electrons. The van der Waals surface area contributed by atoms with E-state index >= 15 is 0 Å². The summed E-state index contributed by atoms with van der Waals surface area (Å²) in [5, 5.41) is 10.0. The molecule has 4 heteroatoms. The largest absolute Gasteiger partial charge is 0.496 e. The summed E-state index contributed by atoms with van der Waals surface area (Å²) < 4.78 is 7.36. The fourth-order valence-electron chi connectivity index (χ4n) is 2.25. The number of carboxylic acid groups (broad SMARTS) is 1. The zero-order valence-corrected chi connectivity index (χ0v) is 10.8. The number of hydrogen-bond donors (Lipinski definition) is 1. The second kappa shape index (κ2) is 4.72. The van der Waals surface area contributed by atoms with Crippen molar-refractivity contribution >= 4 is 16.9 Å². The van der Waals surface area contributed by atoms with E-state index < -0.39 is 11.9 Å². The predicted octanol–water partition coefficient (Wildman–Crippen LogP) is 2.45. The second-order valence-corrected chi connectivity index (χ2v) is 4.56. The normalized spacial score (nSPS) is 12.6. The average molecular weight is 247 g/mol. The minimum Gasteiger partial charge on any atom is -0.496 e. The Hall–Kier alpha value is -1.97. The summed E-state index contributed by atoms with van der Waals surface area (Å²) in [6, 6.07) is 5.84. The molecule has 4 nitrogen and oxygen atoms in total. The van der Waals surface area contributed by atoms with Crippen LogP contribution in [0.3, 0.4) is 0 Å². The maximum Gasteiger partial charge on any atom is 0.306 e. The molecule has 0 saturated heterocycles. The number of aliphatic carboxylic acids is 1. The molecule has 0 saturated carbocycles. The van der Waals surface area contributed by atoms with Crippen molar-refractivity contribution in [3.63, 3.8) is 0 Å². The number of benzene rings is 1. The van der Waals surface area contributed by atoms with Gasteiger partial charge in [-0.25, -0.2) is 0 Å². The molecule has 0 bridgehead atoms. The molecule has 0 aliphatic heterocycles. The van der Waals surface area contributed by atoms with Gasteiger partial charge in [0.2, 0.25) is 0 Å². The molecule has 1 N–H and O–H groups in total. The molecule has 1 heterocycles. The van der Waals surface area contributed by atoms with E-state index in [2.05, 4.69) is 0 Å². The Morgan fingerprint density at radius 3 is 2.83 bits per heavy atom. The number of aryl methyl sites for hydroxylation is 1. The fraction of sp³-hybridized carbons (Fsp3) is 0.357. The molecule has 0 spiro atoms. The Balaban J connectivity index is 2.54. The van der Waals surface area contributed by atoms with E-state index in [1.807, 2.05) is 36.0 Å². The maximum atomic E-state index is 11.0. The molecule has 2 aromatic rings. The number of methoxy groups -OCH3 is 1. The number of aromatic nitrogens is 1. The molecule has 0 aliphatic rings. The van der Waals surface area contributed by atoms with Gasteiger partial charge in [0.05, 0.1) is 18.5 Å². The zero-order valence-electron chi connectivity index (χ0n) is 10.8. The SMILES string of the molecule is COc1cccc2c1c(CC(C)C(=O)O)cn2C. The third kappa shape index (κ3) is 2.06. The van der Waals surface area contributed by atoms with Crippen molar-refractivity contribution < 1.29 is 14.6 Å². The van der Waals surface area contributed by atoms with Gasteiger partial charge in [0.1, 0.15) is 5.75 Å². The lowest BCUT2D eigenvalue weighted by molar-refractivity contribution is -0.141. The molecule has 1 aromatic carbocycles. The third-order valence-corrected chi connectivity index (χ3v) is 3.22. The van der Waals surface area contributed by atoms with Crippen LogP contribution in [0.1, 0.15) is 12.5 Å². The minimum atomic E-state index is -0.776. The van der Waals surface area contributed by atoms with Gasteiger partial charge in [0, 0.05) is 18.6 Å². The zero-order chi connectivity index (χ0) is 13.3. The molecular weight excluding hydrogens is 230 g/mol. The highest BCUT2D eigenvalue weighted by molar-refractivity contribution is 5.90. The van der Waals surface area contributed by atoms with E-state index in [-0.39, 0.29) is 0 Å². The van der Waals surface area contributed by atoms with Crippen molar-refractivity contribution in [3.8, 4) is 5.75 Å². The van der Waals surface area contributed by atoms with E-state index in [4.69, 9.17) is 9.84 Å². The van der Waals surface area contributed by atoms with Gasteiger partial charge in [-0.1, -0.05) is 13.0 Å². The average Bonchev–Trinajstić information content (AvgIpc) is 2.66. The fourth-order valence-corrected chi connectivity index (χ4v) is 2.25. The first kappa shape index (κ1) is 12.5. The quantitative estimate of drug-likeness (QED) is 0.902. The highest BCUT2D eigenvalue weighted by atomic mass is 16.5. The molecule has 0 aliphatic carbocycles. The van der Waals surface area contributed by atoms with Crippen LogP contribution in [0, 0.1) is 5.92 Å². The standard InChI is InChI=1S/C14H17NO3/c1-9(14(16)17)7-10-8-15(2)11-5-4-6-12(18-3)13(10)11/h4-6,8-9H,7H2,1-3H3,(H,16,17). The number of hydrogen-bond acceptors (Lipinski definition) is 2. The van der Waals surface area contributed by atoms with Gasteiger partial charge in [0.15, 0.2) is 0 Å². The molecule has 0 amide bonds. The number of nitrogens with zero attached hydrogens (tertiary/aromatic N) is 1. The van der Waals surface area contributed by atoms with Crippen molar-refractivity contribution in [1.82, 2.24) is 4.57 Å². The molecule has 1 aromatic heterocycles. The summed E-state index contributed by atoms with van der Waals surface area (Å²) in [7, 11) is 3.59. The molecule has 0 radical (unpaired) electrons. The van der Waals surface area contributed by atoms with Crippen LogP contribution in [-0.2, 0) is 18.3 Å². The Labute approximate surface area is 106 Å². The van der Waals surface area contributed by atoms with E-state index in [0.717, 1.165) is 22.2 Å². The van der Waals surface area contributed by atoms with Gasteiger partial charge in [0.25, 0.3) is 0 Å². The highest BCUT2D eigenvalue weighted by Crippen LogP contribution is 2.31. The Morgan fingerprint density at radius 2 is 2.22 bits per heavy atom. The van der Waals surface area contributed by atoms with E-state index in [9.17, 15) is 4.79 Å². The van der Waals surface area contributed by atoms with Gasteiger partial charge in [-0.05, 0) is 24.1 Å². The topological polar surface area (TPSA) is 51.5 Å². The van der Waals surface area contributed by atoms with Crippen LogP contribution < -0.4 is 4.74 Å². The van der Waals surface area contributed by atoms with E-state index in [0.29, 0.717) is 6.42 Å². The third-order valence-electron chi connectivity index (χ3n) is 3.22. The van der Waals surface area contributed by atoms with Gasteiger partial charge in [-0.3, -0.25) is 4.79 Å². The smallest absolute Gasteiger partial charge is 0.306 e. The lowest BCUT2D eigenvalue weighted by Crippen LogP contribution is -2.12. The first-order chi connectivity index (χ1) is 8.54. The van der Waals surface area contributed by atoms with E-state index in [1.54, 1.807) is 14.0 Å². The number of carbonyl (C=O) groups is 1. The highest BCUT2D eigenvalue weighted by Gasteiger charge is 2.17. The van der Waals surface area contributed by atoms with Crippen molar-refractivity contribution in [1.29, 1.82) is 0 Å². The van der Waals surface area contributed by atoms with Crippen LogP contribution in [0.4, 0.5) is 0 Å². The van der Waals surface area contributed by atoms with Gasteiger partial charge >= 0.3 is 5.97 Å². The molecular formula is C14H17NO3. The van der Waals surface area contributed by atoms with Crippen LogP contribution in [0.15, 0.2) is 24.4 Å². The lowest BCUT2D eigenvalue weighted by Gasteiger charge is -2.07. The van der Waals surface area contributed by atoms with Crippen LogP contribution >= 0.6 is 0 Å². The number of ether oxygens (including phenoxy) is 1. The number of rotatable bonds is 4. The predicted molar refractivity (Wildman–Crippen MR) is 70.0 cm³/mol. The Morgan fingerprint density at radius 1 is 1.50 bits per heavy atom. The maximum absolute atomic E-state index is 11.0. The summed E-state index contributed by atoms with van der Waals surface area (Å²) in [5.74, 6) is -0.386. The first-order valence-corrected chi connectivity index (χ1v) is 5.88. The summed E-state index contributed by atoms with van der Waals surface area (Å²) in [5.41, 5.74) is 2.07. The molecule has 2 rings (SSSR count). The van der Waals surface area contributed by atoms with Gasteiger partial charge in [-0.2, -0.15) is 0 Å². The van der Waals surface area contributed by atoms with Gasteiger partial charge in [-0.15, -0.1) is 0 Å². The summed E-state index contributed by atoms with van der Waals surface area (Å²) >= 11 is 0. The second-order valence-electron chi connectivity index (χ2n) is 4.56. The van der Waals surface area contributed by atoms with Crippen LogP contribution in [0.2, 0.25) is 0 Å². The van der Waals surface area contributed by atoms with Crippen molar-refractivity contribution in [2.45, 2.75) is 13.3 Å². The summed E-state index contributed by atoms with van der Waals surface area (Å²) in [6.45, 7) is 1.72. The Kier molecular flexibility index (Phi) is 3.28. The lowest BCUT2D eigenvalue weighted by atomic mass is 10.0. The molecule has 1 atom stereocenters. The van der Waals surface area contributed by atoms with Crippen LogP contribution in [0.25, 0.3) is 10.9 Å². The van der Waals surface area contributed by atoms with Gasteiger partial charge < -0.3 is 14.4 Å². The molecule has 18 heavy (non-hydrogen) atoms. The van der Waals surface area contributed by atoms with Crippen molar-refractivity contribution in [2.75, 3.05) is 7.11 Å². The summed E-state index contributed by atoms with van der Waals surface area (Å²) in [6.07, 6.45) is 2.49. The molecule has 0 fully saturated rings. The monoisotopic (exact) mass is 247 g/mol. The summed E-state index contributed by atoms with van der Waals surface area (Å²) in [4.78, 5) is 11.0. The van der Waals surface area contributed by atoms with Crippen molar-refractivity contribution in [2.24, 2.45) is 13.0 Å². The first-order valence-electron chi connectivity index (χ1n) is 5.88. The molecule has 1 unspecified atom stereocenters. The minimum absolute atomic E-state index is 0.402.